The van der Waals surface area contributed by atoms with Crippen molar-refractivity contribution >= 4 is 10.1 Å². The highest BCUT2D eigenvalue weighted by Crippen LogP contribution is 2.33. The van der Waals surface area contributed by atoms with Gasteiger partial charge in [0.1, 0.15) is 5.76 Å². The van der Waals surface area contributed by atoms with Crippen LogP contribution in [0.1, 0.15) is 18.4 Å². The van der Waals surface area contributed by atoms with E-state index >= 15 is 0 Å². The molecule has 122 valence electrons. The minimum absolute atomic E-state index is 0.105. The van der Waals surface area contributed by atoms with Gasteiger partial charge in [-0.2, -0.15) is 21.6 Å². The Morgan fingerprint density at radius 1 is 1.18 bits per heavy atom. The van der Waals surface area contributed by atoms with Gasteiger partial charge in [-0.25, -0.2) is 0 Å². The van der Waals surface area contributed by atoms with E-state index in [-0.39, 0.29) is 12.4 Å². The topological polar surface area (TPSA) is 52.6 Å². The van der Waals surface area contributed by atoms with E-state index in [0.717, 1.165) is 5.56 Å². The van der Waals surface area contributed by atoms with Crippen LogP contribution in [0.15, 0.2) is 42.2 Å². The van der Waals surface area contributed by atoms with Gasteiger partial charge in [0, 0.05) is 5.92 Å². The zero-order valence-electron chi connectivity index (χ0n) is 11.5. The first-order valence-electron chi connectivity index (χ1n) is 6.62. The number of hydrogen-bond acceptors (Lipinski definition) is 4. The lowest BCUT2D eigenvalue weighted by atomic mass is 10.1. The van der Waals surface area contributed by atoms with E-state index in [1.54, 1.807) is 0 Å². The highest BCUT2D eigenvalue weighted by molar-refractivity contribution is 7.87. The van der Waals surface area contributed by atoms with Crippen LogP contribution in [0.25, 0.3) is 0 Å². The summed E-state index contributed by atoms with van der Waals surface area (Å²) < 4.78 is 68.6. The summed E-state index contributed by atoms with van der Waals surface area (Å²) in [7, 11) is -5.62. The molecule has 0 saturated carbocycles. The van der Waals surface area contributed by atoms with Crippen molar-refractivity contribution in [2.75, 3.05) is 6.61 Å². The number of allylic oxidation sites excluding steroid dienone is 1. The minimum atomic E-state index is -5.62. The Morgan fingerprint density at radius 3 is 2.50 bits per heavy atom. The molecule has 0 heterocycles. The number of rotatable bonds is 6. The van der Waals surface area contributed by atoms with E-state index in [1.807, 2.05) is 30.3 Å². The zero-order valence-corrected chi connectivity index (χ0v) is 12.4. The zero-order chi connectivity index (χ0) is 16.2. The molecule has 0 aromatic heterocycles. The molecule has 2 rings (SSSR count). The number of hydrogen-bond donors (Lipinski definition) is 0. The summed E-state index contributed by atoms with van der Waals surface area (Å²) in [5, 5.41) is 0. The Balaban J connectivity index is 1.89. The summed E-state index contributed by atoms with van der Waals surface area (Å²) in [6.45, 7) is 0.407. The first-order valence-corrected chi connectivity index (χ1v) is 8.03. The Kier molecular flexibility index (Phi) is 5.12. The van der Waals surface area contributed by atoms with E-state index in [1.165, 1.54) is 6.08 Å². The van der Waals surface area contributed by atoms with E-state index in [0.29, 0.717) is 19.4 Å². The lowest BCUT2D eigenvalue weighted by Gasteiger charge is -2.17. The first kappa shape index (κ1) is 16.8. The molecular weight excluding hydrogens is 321 g/mol. The van der Waals surface area contributed by atoms with Gasteiger partial charge in [0.15, 0.2) is 0 Å². The highest BCUT2D eigenvalue weighted by atomic mass is 32.2. The third-order valence-electron chi connectivity index (χ3n) is 3.18. The molecule has 0 fully saturated rings. The molecule has 0 unspecified atom stereocenters. The third-order valence-corrected chi connectivity index (χ3v) is 4.16. The van der Waals surface area contributed by atoms with Crippen molar-refractivity contribution in [3.05, 3.63) is 47.7 Å². The van der Waals surface area contributed by atoms with Crippen molar-refractivity contribution in [2.24, 2.45) is 5.92 Å². The van der Waals surface area contributed by atoms with E-state index < -0.39 is 21.5 Å². The summed E-state index contributed by atoms with van der Waals surface area (Å²) in [5.41, 5.74) is -4.50. The summed E-state index contributed by atoms with van der Waals surface area (Å²) >= 11 is 0. The smallest absolute Gasteiger partial charge is 0.381 e. The van der Waals surface area contributed by atoms with Gasteiger partial charge in [0.25, 0.3) is 0 Å². The maximum atomic E-state index is 12.3. The second-order valence-corrected chi connectivity index (χ2v) is 6.40. The van der Waals surface area contributed by atoms with Crippen LogP contribution < -0.4 is 0 Å². The molecule has 0 amide bonds. The fraction of sp³-hybridized carbons (Fsp3) is 0.429. The second-order valence-electron chi connectivity index (χ2n) is 4.86. The SMILES string of the molecule is O=S(=O)(OC1=CCC[C@H]1COCc1ccccc1)C(F)(F)F. The Hall–Kier alpha value is -1.54. The van der Waals surface area contributed by atoms with Crippen molar-refractivity contribution in [3.8, 4) is 0 Å². The molecule has 4 nitrogen and oxygen atoms in total. The standard InChI is InChI=1S/C14H15F3O4S/c15-14(16,17)22(18,19)21-13-8-4-7-12(13)10-20-9-11-5-2-1-3-6-11/h1-3,5-6,8,12H,4,7,9-10H2/t12-/m0/s1. The van der Waals surface area contributed by atoms with Crippen LogP contribution in [0, 0.1) is 5.92 Å². The van der Waals surface area contributed by atoms with Crippen LogP contribution >= 0.6 is 0 Å². The van der Waals surface area contributed by atoms with E-state index in [9.17, 15) is 21.6 Å². The summed E-state index contributed by atoms with van der Waals surface area (Å²) in [6, 6.07) is 9.26. The van der Waals surface area contributed by atoms with Crippen molar-refractivity contribution < 1.29 is 30.5 Å². The molecule has 1 aromatic rings. The maximum Gasteiger partial charge on any atom is 0.534 e. The normalized spacial score (nSPS) is 19.0. The van der Waals surface area contributed by atoms with Crippen LogP contribution in [-0.2, 0) is 25.6 Å². The summed E-state index contributed by atoms with van der Waals surface area (Å²) in [4.78, 5) is 0. The van der Waals surface area contributed by atoms with Gasteiger partial charge in [-0.1, -0.05) is 30.3 Å². The van der Waals surface area contributed by atoms with Crippen molar-refractivity contribution in [1.29, 1.82) is 0 Å². The molecule has 1 aromatic carbocycles. The summed E-state index contributed by atoms with van der Waals surface area (Å²) in [6.07, 6.45) is 2.32. The number of halogens is 3. The Bertz CT molecular complexity index is 623. The van der Waals surface area contributed by atoms with Gasteiger partial charge in [0.2, 0.25) is 0 Å². The highest BCUT2D eigenvalue weighted by Gasteiger charge is 2.49. The van der Waals surface area contributed by atoms with Crippen LogP contribution in [0.3, 0.4) is 0 Å². The minimum Gasteiger partial charge on any atom is -0.381 e. The Morgan fingerprint density at radius 2 is 1.86 bits per heavy atom. The molecule has 0 spiro atoms. The molecule has 0 N–H and O–H groups in total. The van der Waals surface area contributed by atoms with Gasteiger partial charge < -0.3 is 8.92 Å². The maximum absolute atomic E-state index is 12.3. The molecular formula is C14H15F3O4S. The van der Waals surface area contributed by atoms with E-state index in [4.69, 9.17) is 4.74 Å². The molecule has 0 radical (unpaired) electrons. The largest absolute Gasteiger partial charge is 0.534 e. The van der Waals surface area contributed by atoms with Gasteiger partial charge >= 0.3 is 15.6 Å². The first-order chi connectivity index (χ1) is 10.3. The van der Waals surface area contributed by atoms with Crippen LogP contribution in [0.5, 0.6) is 0 Å². The summed E-state index contributed by atoms with van der Waals surface area (Å²) in [5.74, 6) is -0.675. The monoisotopic (exact) mass is 336 g/mol. The molecule has 0 aliphatic heterocycles. The lowest BCUT2D eigenvalue weighted by molar-refractivity contribution is -0.0529. The van der Waals surface area contributed by atoms with E-state index in [2.05, 4.69) is 4.18 Å². The van der Waals surface area contributed by atoms with Crippen LogP contribution in [0.2, 0.25) is 0 Å². The molecule has 0 saturated heterocycles. The molecule has 1 atom stereocenters. The molecule has 0 bridgehead atoms. The molecule has 1 aliphatic carbocycles. The Labute approximate surface area is 126 Å². The fourth-order valence-corrected chi connectivity index (χ4v) is 2.62. The molecule has 22 heavy (non-hydrogen) atoms. The lowest BCUT2D eigenvalue weighted by Crippen LogP contribution is -2.26. The fourth-order valence-electron chi connectivity index (χ4n) is 2.07. The number of ether oxygens (including phenoxy) is 1. The van der Waals surface area contributed by atoms with Gasteiger partial charge in [-0.15, -0.1) is 0 Å². The molecule has 8 heteroatoms. The second kappa shape index (κ2) is 6.70. The van der Waals surface area contributed by atoms with Crippen molar-refractivity contribution in [1.82, 2.24) is 0 Å². The average Bonchev–Trinajstić information content (AvgIpc) is 2.85. The predicted octanol–water partition coefficient (Wildman–Crippen LogP) is 3.36. The quantitative estimate of drug-likeness (QED) is 0.590. The van der Waals surface area contributed by atoms with Gasteiger partial charge in [0.05, 0.1) is 13.2 Å². The predicted molar refractivity (Wildman–Crippen MR) is 73.0 cm³/mol. The van der Waals surface area contributed by atoms with Gasteiger partial charge in [-0.05, 0) is 24.5 Å². The molecule has 1 aliphatic rings. The number of benzene rings is 1. The van der Waals surface area contributed by atoms with Crippen molar-refractivity contribution in [2.45, 2.75) is 25.0 Å². The van der Waals surface area contributed by atoms with Crippen molar-refractivity contribution in [3.63, 3.8) is 0 Å². The van der Waals surface area contributed by atoms with Crippen LogP contribution in [0.4, 0.5) is 13.2 Å². The van der Waals surface area contributed by atoms with Crippen LogP contribution in [-0.4, -0.2) is 20.5 Å². The van der Waals surface area contributed by atoms with Gasteiger partial charge in [-0.3, -0.25) is 0 Å². The third kappa shape index (κ3) is 4.23. The number of alkyl halides is 3. The average molecular weight is 336 g/mol.